The second-order valence-corrected chi connectivity index (χ2v) is 5.70. The molecular formula is C18H21N3O3. The predicted octanol–water partition coefficient (Wildman–Crippen LogP) is 1.84. The average molecular weight is 327 g/mol. The van der Waals surface area contributed by atoms with Crippen molar-refractivity contribution in [3.63, 3.8) is 0 Å². The Morgan fingerprint density at radius 3 is 2.50 bits per heavy atom. The van der Waals surface area contributed by atoms with Crippen LogP contribution < -0.4 is 10.2 Å². The maximum Gasteiger partial charge on any atom is 0.410 e. The fourth-order valence-electron chi connectivity index (χ4n) is 2.90. The topological polar surface area (TPSA) is 61.9 Å². The SMILES string of the molecule is CNC(=O)COC(=O)N1CCN(c2cccc3ccccc23)CC1. The van der Waals surface area contributed by atoms with Gasteiger partial charge in [0.05, 0.1) is 0 Å². The molecule has 0 saturated carbocycles. The Hall–Kier alpha value is -2.76. The normalized spacial score (nSPS) is 14.5. The van der Waals surface area contributed by atoms with Gasteiger partial charge in [-0.3, -0.25) is 4.79 Å². The van der Waals surface area contributed by atoms with Crippen LogP contribution in [0.4, 0.5) is 10.5 Å². The first-order chi connectivity index (χ1) is 11.7. The fraction of sp³-hybridized carbons (Fsp3) is 0.333. The Balaban J connectivity index is 1.62. The highest BCUT2D eigenvalue weighted by Crippen LogP contribution is 2.27. The molecule has 0 unspecified atom stereocenters. The molecule has 1 heterocycles. The number of amides is 2. The summed E-state index contributed by atoms with van der Waals surface area (Å²) in [6.07, 6.45) is -0.434. The minimum Gasteiger partial charge on any atom is -0.439 e. The molecular weight excluding hydrogens is 306 g/mol. The molecule has 1 aliphatic rings. The number of hydrogen-bond donors (Lipinski definition) is 1. The second kappa shape index (κ2) is 7.21. The lowest BCUT2D eigenvalue weighted by molar-refractivity contribution is -0.123. The zero-order valence-electron chi connectivity index (χ0n) is 13.7. The van der Waals surface area contributed by atoms with E-state index >= 15 is 0 Å². The van der Waals surface area contributed by atoms with Crippen molar-refractivity contribution in [1.29, 1.82) is 0 Å². The monoisotopic (exact) mass is 327 g/mol. The van der Waals surface area contributed by atoms with E-state index in [1.807, 2.05) is 12.1 Å². The number of fused-ring (bicyclic) bond motifs is 1. The number of hydrogen-bond acceptors (Lipinski definition) is 4. The predicted molar refractivity (Wildman–Crippen MR) is 93.1 cm³/mol. The molecule has 0 spiro atoms. The molecule has 2 aromatic rings. The third-order valence-corrected chi connectivity index (χ3v) is 4.25. The Morgan fingerprint density at radius 1 is 1.04 bits per heavy atom. The quantitative estimate of drug-likeness (QED) is 0.934. The van der Waals surface area contributed by atoms with Crippen LogP contribution in [0.15, 0.2) is 42.5 Å². The molecule has 6 nitrogen and oxygen atoms in total. The molecule has 2 aromatic carbocycles. The van der Waals surface area contributed by atoms with Gasteiger partial charge in [0.15, 0.2) is 6.61 Å². The van der Waals surface area contributed by atoms with Gasteiger partial charge < -0.3 is 19.9 Å². The summed E-state index contributed by atoms with van der Waals surface area (Å²) >= 11 is 0. The smallest absolute Gasteiger partial charge is 0.410 e. The molecule has 1 fully saturated rings. The van der Waals surface area contributed by atoms with E-state index in [0.717, 1.165) is 13.1 Å². The lowest BCUT2D eigenvalue weighted by Gasteiger charge is -2.36. The summed E-state index contributed by atoms with van der Waals surface area (Å²) in [4.78, 5) is 27.1. The van der Waals surface area contributed by atoms with E-state index in [4.69, 9.17) is 4.74 Å². The van der Waals surface area contributed by atoms with E-state index in [-0.39, 0.29) is 12.5 Å². The second-order valence-electron chi connectivity index (χ2n) is 5.70. The van der Waals surface area contributed by atoms with Crippen LogP contribution in [-0.2, 0) is 9.53 Å². The third-order valence-electron chi connectivity index (χ3n) is 4.25. The molecule has 2 amide bonds. The molecule has 0 radical (unpaired) electrons. The number of nitrogens with one attached hydrogen (secondary N) is 1. The van der Waals surface area contributed by atoms with Crippen molar-refractivity contribution in [1.82, 2.24) is 10.2 Å². The molecule has 24 heavy (non-hydrogen) atoms. The summed E-state index contributed by atoms with van der Waals surface area (Å²) in [7, 11) is 1.51. The third kappa shape index (κ3) is 3.42. The van der Waals surface area contributed by atoms with Crippen LogP contribution in [0.3, 0.4) is 0 Å². The van der Waals surface area contributed by atoms with Gasteiger partial charge in [-0.15, -0.1) is 0 Å². The van der Waals surface area contributed by atoms with Crippen LogP contribution in [0.1, 0.15) is 0 Å². The van der Waals surface area contributed by atoms with Gasteiger partial charge in [-0.1, -0.05) is 36.4 Å². The molecule has 0 bridgehead atoms. The van der Waals surface area contributed by atoms with Crippen molar-refractivity contribution < 1.29 is 14.3 Å². The maximum atomic E-state index is 12.0. The molecule has 3 rings (SSSR count). The van der Waals surface area contributed by atoms with Crippen LogP contribution in [0.25, 0.3) is 10.8 Å². The maximum absolute atomic E-state index is 12.0. The van der Waals surface area contributed by atoms with Gasteiger partial charge in [-0.2, -0.15) is 0 Å². The first kappa shape index (κ1) is 16.1. The Kier molecular flexibility index (Phi) is 4.84. The van der Waals surface area contributed by atoms with Crippen LogP contribution in [0.5, 0.6) is 0 Å². The van der Waals surface area contributed by atoms with Crippen LogP contribution in [0, 0.1) is 0 Å². The Bertz CT molecular complexity index is 734. The molecule has 6 heteroatoms. The van der Waals surface area contributed by atoms with Gasteiger partial charge in [0.1, 0.15) is 0 Å². The van der Waals surface area contributed by atoms with Crippen molar-refractivity contribution in [3.8, 4) is 0 Å². The van der Waals surface area contributed by atoms with Gasteiger partial charge in [0, 0.05) is 44.3 Å². The molecule has 0 aliphatic carbocycles. The molecule has 0 aromatic heterocycles. The van der Waals surface area contributed by atoms with Crippen molar-refractivity contribution in [2.75, 3.05) is 44.7 Å². The van der Waals surface area contributed by atoms with Gasteiger partial charge in [0.2, 0.25) is 0 Å². The minimum atomic E-state index is -0.434. The number of rotatable bonds is 3. The number of carbonyl (C=O) groups is 2. The lowest BCUT2D eigenvalue weighted by Crippen LogP contribution is -2.49. The Morgan fingerprint density at radius 2 is 1.75 bits per heavy atom. The highest BCUT2D eigenvalue weighted by Gasteiger charge is 2.23. The number of anilines is 1. The number of likely N-dealkylation sites (N-methyl/N-ethyl adjacent to an activating group) is 1. The standard InChI is InChI=1S/C18H21N3O3/c1-19-17(22)13-24-18(23)21-11-9-20(10-12-21)16-8-4-6-14-5-2-3-7-15(14)16/h2-8H,9-13H2,1H3,(H,19,22). The van der Waals surface area contributed by atoms with Gasteiger partial charge >= 0.3 is 6.09 Å². The van der Waals surface area contributed by atoms with E-state index in [1.54, 1.807) is 4.90 Å². The van der Waals surface area contributed by atoms with E-state index in [9.17, 15) is 9.59 Å². The molecule has 126 valence electrons. The van der Waals surface area contributed by atoms with E-state index in [0.29, 0.717) is 13.1 Å². The highest BCUT2D eigenvalue weighted by atomic mass is 16.6. The summed E-state index contributed by atoms with van der Waals surface area (Å²) in [5.74, 6) is -0.308. The zero-order valence-corrected chi connectivity index (χ0v) is 13.7. The zero-order chi connectivity index (χ0) is 16.9. The number of ether oxygens (including phenoxy) is 1. The first-order valence-corrected chi connectivity index (χ1v) is 8.04. The van der Waals surface area contributed by atoms with Crippen LogP contribution in [-0.4, -0.2) is 56.7 Å². The van der Waals surface area contributed by atoms with Crippen molar-refractivity contribution >= 4 is 28.5 Å². The number of carbonyl (C=O) groups excluding carboxylic acids is 2. The van der Waals surface area contributed by atoms with Crippen molar-refractivity contribution in [2.24, 2.45) is 0 Å². The number of benzene rings is 2. The van der Waals surface area contributed by atoms with E-state index in [1.165, 1.54) is 23.5 Å². The highest BCUT2D eigenvalue weighted by molar-refractivity contribution is 5.94. The summed E-state index contributed by atoms with van der Waals surface area (Å²) in [6.45, 7) is 2.40. The molecule has 1 saturated heterocycles. The average Bonchev–Trinajstić information content (AvgIpc) is 2.65. The number of piperazine rings is 1. The largest absolute Gasteiger partial charge is 0.439 e. The van der Waals surface area contributed by atoms with Gasteiger partial charge in [-0.25, -0.2) is 4.79 Å². The summed E-state index contributed by atoms with van der Waals surface area (Å²) in [5.41, 5.74) is 1.19. The van der Waals surface area contributed by atoms with E-state index in [2.05, 4.69) is 40.5 Å². The van der Waals surface area contributed by atoms with Crippen LogP contribution >= 0.6 is 0 Å². The molecule has 0 atom stereocenters. The van der Waals surface area contributed by atoms with Crippen LogP contribution in [0.2, 0.25) is 0 Å². The first-order valence-electron chi connectivity index (χ1n) is 8.04. The molecule has 1 N–H and O–H groups in total. The summed E-state index contributed by atoms with van der Waals surface area (Å²) < 4.78 is 5.00. The van der Waals surface area contributed by atoms with E-state index < -0.39 is 6.09 Å². The van der Waals surface area contributed by atoms with Gasteiger partial charge in [-0.05, 0) is 11.5 Å². The lowest BCUT2D eigenvalue weighted by atomic mass is 10.1. The van der Waals surface area contributed by atoms with Crippen molar-refractivity contribution in [2.45, 2.75) is 0 Å². The molecule has 1 aliphatic heterocycles. The Labute approximate surface area is 141 Å². The minimum absolute atomic E-state index is 0.237. The fourth-order valence-corrected chi connectivity index (χ4v) is 2.90. The number of nitrogens with zero attached hydrogens (tertiary/aromatic N) is 2. The summed E-state index contributed by atoms with van der Waals surface area (Å²) in [6, 6.07) is 14.6. The summed E-state index contributed by atoms with van der Waals surface area (Å²) in [5, 5.41) is 4.85. The van der Waals surface area contributed by atoms with Gasteiger partial charge in [0.25, 0.3) is 5.91 Å². The van der Waals surface area contributed by atoms with Crippen molar-refractivity contribution in [3.05, 3.63) is 42.5 Å².